The van der Waals surface area contributed by atoms with Crippen molar-refractivity contribution < 1.29 is 19.5 Å². The molecule has 0 bridgehead atoms. The molecule has 1 rings (SSSR count). The van der Waals surface area contributed by atoms with Crippen molar-refractivity contribution in [3.8, 4) is 0 Å². The Morgan fingerprint density at radius 3 is 2.30 bits per heavy atom. The Hall–Kier alpha value is -2.57. The number of carboxylic acid groups (broad SMARTS) is 1. The van der Waals surface area contributed by atoms with Crippen LogP contribution in [0.3, 0.4) is 0 Å². The van der Waals surface area contributed by atoms with Gasteiger partial charge in [-0.2, -0.15) is 0 Å². The van der Waals surface area contributed by atoms with Crippen LogP contribution in [0.4, 0.5) is 5.69 Å². The molecule has 0 unspecified atom stereocenters. The minimum atomic E-state index is -1.20. The van der Waals surface area contributed by atoms with Gasteiger partial charge in [-0.25, -0.2) is 4.79 Å². The molecule has 7 heteroatoms. The van der Waals surface area contributed by atoms with Gasteiger partial charge in [0.05, 0.1) is 0 Å². The molecule has 7 nitrogen and oxygen atoms in total. The molecule has 0 aliphatic carbocycles. The summed E-state index contributed by atoms with van der Waals surface area (Å²) >= 11 is 0. The van der Waals surface area contributed by atoms with Crippen LogP contribution < -0.4 is 16.4 Å². The zero-order valence-electron chi connectivity index (χ0n) is 11.1. The average molecular weight is 279 g/mol. The largest absolute Gasteiger partial charge is 0.480 e. The molecule has 1 aromatic rings. The summed E-state index contributed by atoms with van der Waals surface area (Å²) in [6.45, 7) is 0. The summed E-state index contributed by atoms with van der Waals surface area (Å²) in [5.74, 6) is -2.32. The maximum Gasteiger partial charge on any atom is 0.326 e. The lowest BCUT2D eigenvalue weighted by molar-refractivity contribution is -0.139. The molecule has 108 valence electrons. The maximum absolute atomic E-state index is 11.9. The molecule has 0 saturated carbocycles. The number of carbonyl (C=O) groups is 3. The Morgan fingerprint density at radius 1 is 1.25 bits per heavy atom. The van der Waals surface area contributed by atoms with Crippen LogP contribution in [-0.2, 0) is 9.59 Å². The van der Waals surface area contributed by atoms with Gasteiger partial charge >= 0.3 is 5.97 Å². The third-order valence-corrected chi connectivity index (χ3v) is 2.72. The molecule has 20 heavy (non-hydrogen) atoms. The van der Waals surface area contributed by atoms with Crippen LogP contribution in [0.1, 0.15) is 23.2 Å². The first-order chi connectivity index (χ1) is 9.43. The summed E-state index contributed by atoms with van der Waals surface area (Å²) < 4.78 is 0. The van der Waals surface area contributed by atoms with Crippen molar-refractivity contribution in [2.45, 2.75) is 18.9 Å². The lowest BCUT2D eigenvalue weighted by atomic mass is 10.1. The van der Waals surface area contributed by atoms with Crippen LogP contribution in [0, 0.1) is 0 Å². The van der Waals surface area contributed by atoms with Crippen LogP contribution in [0.25, 0.3) is 0 Å². The number of carboxylic acids is 1. The smallest absolute Gasteiger partial charge is 0.326 e. The van der Waals surface area contributed by atoms with Crippen molar-refractivity contribution in [1.29, 1.82) is 0 Å². The van der Waals surface area contributed by atoms with Gasteiger partial charge in [0, 0.05) is 24.7 Å². The number of hydrogen-bond donors (Lipinski definition) is 4. The summed E-state index contributed by atoms with van der Waals surface area (Å²) in [7, 11) is 1.75. The first-order valence-electron chi connectivity index (χ1n) is 6.04. The van der Waals surface area contributed by atoms with Crippen molar-refractivity contribution >= 4 is 23.5 Å². The molecule has 0 aliphatic heterocycles. The molecular formula is C13H17N3O4. The minimum absolute atomic E-state index is 0.0367. The highest BCUT2D eigenvalue weighted by molar-refractivity contribution is 5.96. The molecule has 0 radical (unpaired) electrons. The maximum atomic E-state index is 11.9. The number of anilines is 1. The zero-order valence-corrected chi connectivity index (χ0v) is 11.1. The van der Waals surface area contributed by atoms with Gasteiger partial charge in [0.1, 0.15) is 6.04 Å². The quantitative estimate of drug-likeness (QED) is 0.567. The third kappa shape index (κ3) is 4.60. The van der Waals surface area contributed by atoms with Crippen molar-refractivity contribution in [2.24, 2.45) is 5.73 Å². The number of benzene rings is 1. The van der Waals surface area contributed by atoms with E-state index in [1.165, 1.54) is 0 Å². The fourth-order valence-corrected chi connectivity index (χ4v) is 1.57. The van der Waals surface area contributed by atoms with E-state index >= 15 is 0 Å². The van der Waals surface area contributed by atoms with Crippen molar-refractivity contribution in [3.63, 3.8) is 0 Å². The Morgan fingerprint density at radius 2 is 1.85 bits per heavy atom. The minimum Gasteiger partial charge on any atom is -0.480 e. The van der Waals surface area contributed by atoms with Gasteiger partial charge in [0.2, 0.25) is 5.91 Å². The normalized spacial score (nSPS) is 11.4. The lowest BCUT2D eigenvalue weighted by Crippen LogP contribution is -2.41. The number of hydrogen-bond acceptors (Lipinski definition) is 4. The molecule has 0 aliphatic rings. The fraction of sp³-hybridized carbons (Fsp3) is 0.308. The molecule has 5 N–H and O–H groups in total. The van der Waals surface area contributed by atoms with E-state index in [4.69, 9.17) is 10.8 Å². The Bertz CT molecular complexity index is 499. The van der Waals surface area contributed by atoms with Crippen molar-refractivity contribution in [3.05, 3.63) is 29.8 Å². The second-order valence-electron chi connectivity index (χ2n) is 4.20. The Labute approximate surface area is 116 Å². The van der Waals surface area contributed by atoms with E-state index < -0.39 is 23.8 Å². The van der Waals surface area contributed by atoms with Gasteiger partial charge in [-0.15, -0.1) is 0 Å². The summed E-state index contributed by atoms with van der Waals surface area (Å²) in [6.07, 6.45) is -0.138. The highest BCUT2D eigenvalue weighted by Gasteiger charge is 2.21. The molecule has 0 fully saturated rings. The van der Waals surface area contributed by atoms with E-state index in [1.54, 1.807) is 31.3 Å². The number of amides is 2. The first kappa shape index (κ1) is 15.5. The predicted octanol–water partition coefficient (Wildman–Crippen LogP) is 0.177. The Balaban J connectivity index is 2.69. The molecule has 1 atom stereocenters. The van der Waals surface area contributed by atoms with Crippen molar-refractivity contribution in [1.82, 2.24) is 5.32 Å². The molecular weight excluding hydrogens is 262 g/mol. The Kier molecular flexibility index (Phi) is 5.52. The van der Waals surface area contributed by atoms with Gasteiger partial charge in [0.25, 0.3) is 5.91 Å². The summed E-state index contributed by atoms with van der Waals surface area (Å²) in [4.78, 5) is 33.6. The van der Waals surface area contributed by atoms with Crippen LogP contribution in [0.5, 0.6) is 0 Å². The van der Waals surface area contributed by atoms with Gasteiger partial charge in [-0.3, -0.25) is 9.59 Å². The SMILES string of the molecule is CNc1ccc(C(=O)N[C@@H](CCC(N)=O)C(=O)O)cc1. The summed E-state index contributed by atoms with van der Waals surface area (Å²) in [5, 5.41) is 14.3. The van der Waals surface area contributed by atoms with Gasteiger partial charge < -0.3 is 21.5 Å². The van der Waals surface area contributed by atoms with E-state index in [9.17, 15) is 14.4 Å². The topological polar surface area (TPSA) is 122 Å². The second kappa shape index (κ2) is 7.13. The van der Waals surface area contributed by atoms with Gasteiger partial charge in [-0.1, -0.05) is 0 Å². The molecule has 0 aromatic heterocycles. The van der Waals surface area contributed by atoms with Crippen LogP contribution in [0.2, 0.25) is 0 Å². The predicted molar refractivity (Wildman–Crippen MR) is 73.3 cm³/mol. The molecule has 0 heterocycles. The van der Waals surface area contributed by atoms with E-state index in [0.29, 0.717) is 5.56 Å². The molecule has 1 aromatic carbocycles. The third-order valence-electron chi connectivity index (χ3n) is 2.72. The second-order valence-corrected chi connectivity index (χ2v) is 4.20. The standard InChI is InChI=1S/C13H17N3O4/c1-15-9-4-2-8(3-5-9)12(18)16-10(13(19)20)6-7-11(14)17/h2-5,10,15H,6-7H2,1H3,(H2,14,17)(H,16,18)(H,19,20)/t10-/m0/s1. The highest BCUT2D eigenvalue weighted by Crippen LogP contribution is 2.09. The number of carbonyl (C=O) groups excluding carboxylic acids is 2. The molecule has 0 saturated heterocycles. The summed E-state index contributed by atoms with van der Waals surface area (Å²) in [6, 6.07) is 5.42. The van der Waals surface area contributed by atoms with Crippen LogP contribution in [0.15, 0.2) is 24.3 Å². The number of rotatable bonds is 7. The number of nitrogens with one attached hydrogen (secondary N) is 2. The van der Waals surface area contributed by atoms with E-state index in [2.05, 4.69) is 10.6 Å². The van der Waals surface area contributed by atoms with Crippen LogP contribution >= 0.6 is 0 Å². The fourth-order valence-electron chi connectivity index (χ4n) is 1.57. The van der Waals surface area contributed by atoms with Gasteiger partial charge in [-0.05, 0) is 30.7 Å². The number of aliphatic carboxylic acids is 1. The monoisotopic (exact) mass is 279 g/mol. The molecule has 2 amide bonds. The van der Waals surface area contributed by atoms with Crippen LogP contribution in [-0.4, -0.2) is 36.0 Å². The van der Waals surface area contributed by atoms with E-state index in [-0.39, 0.29) is 12.8 Å². The average Bonchev–Trinajstić information content (AvgIpc) is 2.42. The lowest BCUT2D eigenvalue weighted by Gasteiger charge is -2.13. The highest BCUT2D eigenvalue weighted by atomic mass is 16.4. The van der Waals surface area contributed by atoms with E-state index in [1.807, 2.05) is 0 Å². The molecule has 0 spiro atoms. The number of nitrogens with two attached hydrogens (primary N) is 1. The number of primary amides is 1. The van der Waals surface area contributed by atoms with E-state index in [0.717, 1.165) is 5.69 Å². The first-order valence-corrected chi connectivity index (χ1v) is 6.04. The van der Waals surface area contributed by atoms with Gasteiger partial charge in [0.15, 0.2) is 0 Å². The zero-order chi connectivity index (χ0) is 15.1. The summed E-state index contributed by atoms with van der Waals surface area (Å²) in [5.41, 5.74) is 6.14. The van der Waals surface area contributed by atoms with Crippen molar-refractivity contribution in [2.75, 3.05) is 12.4 Å².